The van der Waals surface area contributed by atoms with Crippen LogP contribution in [0.3, 0.4) is 0 Å². The molecule has 5 heteroatoms. The molecule has 0 heterocycles. The Kier molecular flexibility index (Phi) is 3.57. The molecule has 3 rings (SSSR count). The first-order valence-corrected chi connectivity index (χ1v) is 8.31. The van der Waals surface area contributed by atoms with Gasteiger partial charge in [-0.15, -0.1) is 0 Å². The fourth-order valence-electron chi connectivity index (χ4n) is 2.80. The number of aliphatic hydroxyl groups is 1. The Balaban J connectivity index is 1.95. The normalized spacial score (nSPS) is 21.2. The predicted octanol–water partition coefficient (Wildman–Crippen LogP) is 1.93. The number of fused-ring (bicyclic) bond motifs is 1. The lowest BCUT2D eigenvalue weighted by molar-refractivity contribution is 0.151. The van der Waals surface area contributed by atoms with Gasteiger partial charge in [0.1, 0.15) is 0 Å². The van der Waals surface area contributed by atoms with Crippen molar-refractivity contribution in [2.45, 2.75) is 30.4 Å². The van der Waals surface area contributed by atoms with Crippen LogP contribution in [-0.2, 0) is 16.4 Å². The second-order valence-corrected chi connectivity index (χ2v) is 7.02. The zero-order chi connectivity index (χ0) is 15.0. The third kappa shape index (κ3) is 2.60. The SMILES string of the molecule is Cc1ccccc1S(=O)(=O)NC1c2ccccc2CC1O. The van der Waals surface area contributed by atoms with E-state index in [4.69, 9.17) is 0 Å². The van der Waals surface area contributed by atoms with Crippen molar-refractivity contribution in [3.05, 3.63) is 65.2 Å². The van der Waals surface area contributed by atoms with E-state index in [1.807, 2.05) is 24.3 Å². The predicted molar refractivity (Wildman–Crippen MR) is 80.4 cm³/mol. The molecule has 0 bridgehead atoms. The molecule has 0 saturated carbocycles. The van der Waals surface area contributed by atoms with Gasteiger partial charge in [-0.2, -0.15) is 0 Å². The van der Waals surface area contributed by atoms with Crippen LogP contribution in [0, 0.1) is 6.92 Å². The van der Waals surface area contributed by atoms with Gasteiger partial charge in [-0.3, -0.25) is 0 Å². The summed E-state index contributed by atoms with van der Waals surface area (Å²) in [5.74, 6) is 0. The zero-order valence-corrected chi connectivity index (χ0v) is 12.5. The minimum absolute atomic E-state index is 0.251. The maximum atomic E-state index is 12.5. The quantitative estimate of drug-likeness (QED) is 0.910. The lowest BCUT2D eigenvalue weighted by Crippen LogP contribution is -2.34. The standard InChI is InChI=1S/C16H17NO3S/c1-11-6-2-5-9-15(11)21(19,20)17-16-13-8-4-3-7-12(13)10-14(16)18/h2-9,14,16-18H,10H2,1H3. The van der Waals surface area contributed by atoms with E-state index < -0.39 is 22.2 Å². The molecule has 1 aliphatic carbocycles. The zero-order valence-electron chi connectivity index (χ0n) is 11.7. The molecule has 2 aromatic carbocycles. The van der Waals surface area contributed by atoms with Crippen LogP contribution in [0.1, 0.15) is 22.7 Å². The molecule has 0 aliphatic heterocycles. The van der Waals surface area contributed by atoms with Crippen molar-refractivity contribution in [2.75, 3.05) is 0 Å². The Bertz CT molecular complexity index is 771. The number of hydrogen-bond acceptors (Lipinski definition) is 3. The Morgan fingerprint density at radius 3 is 2.52 bits per heavy atom. The van der Waals surface area contributed by atoms with Gasteiger partial charge in [-0.1, -0.05) is 42.5 Å². The van der Waals surface area contributed by atoms with Crippen molar-refractivity contribution < 1.29 is 13.5 Å². The lowest BCUT2D eigenvalue weighted by atomic mass is 10.1. The van der Waals surface area contributed by atoms with Gasteiger partial charge < -0.3 is 5.11 Å². The van der Waals surface area contributed by atoms with Gasteiger partial charge in [0.25, 0.3) is 0 Å². The van der Waals surface area contributed by atoms with Crippen LogP contribution < -0.4 is 4.72 Å². The number of nitrogens with one attached hydrogen (secondary N) is 1. The summed E-state index contributed by atoms with van der Waals surface area (Å²) in [6, 6.07) is 13.8. The highest BCUT2D eigenvalue weighted by molar-refractivity contribution is 7.89. The largest absolute Gasteiger partial charge is 0.391 e. The average molecular weight is 303 g/mol. The highest BCUT2D eigenvalue weighted by Gasteiger charge is 2.34. The van der Waals surface area contributed by atoms with Gasteiger partial charge >= 0.3 is 0 Å². The highest BCUT2D eigenvalue weighted by atomic mass is 32.2. The Labute approximate surface area is 124 Å². The van der Waals surface area contributed by atoms with Gasteiger partial charge in [-0.25, -0.2) is 13.1 Å². The third-order valence-corrected chi connectivity index (χ3v) is 5.47. The van der Waals surface area contributed by atoms with Crippen molar-refractivity contribution in [1.82, 2.24) is 4.72 Å². The van der Waals surface area contributed by atoms with Crippen molar-refractivity contribution >= 4 is 10.0 Å². The van der Waals surface area contributed by atoms with E-state index in [0.717, 1.165) is 11.1 Å². The second-order valence-electron chi connectivity index (χ2n) is 5.33. The maximum Gasteiger partial charge on any atom is 0.241 e. The monoisotopic (exact) mass is 303 g/mol. The molecule has 110 valence electrons. The van der Waals surface area contributed by atoms with Crippen LogP contribution in [-0.4, -0.2) is 19.6 Å². The second kappa shape index (κ2) is 5.26. The lowest BCUT2D eigenvalue weighted by Gasteiger charge is -2.18. The van der Waals surface area contributed by atoms with Crippen molar-refractivity contribution in [1.29, 1.82) is 0 Å². The van der Waals surface area contributed by atoms with Crippen molar-refractivity contribution in [3.63, 3.8) is 0 Å². The Morgan fingerprint density at radius 2 is 1.76 bits per heavy atom. The number of benzene rings is 2. The number of aryl methyl sites for hydroxylation is 1. The summed E-state index contributed by atoms with van der Waals surface area (Å²) in [7, 11) is -3.66. The molecule has 2 N–H and O–H groups in total. The van der Waals surface area contributed by atoms with Crippen LogP contribution in [0.2, 0.25) is 0 Å². The third-order valence-electron chi connectivity index (χ3n) is 3.87. The summed E-state index contributed by atoms with van der Waals surface area (Å²) in [6.07, 6.45) is -0.266. The van der Waals surface area contributed by atoms with E-state index in [2.05, 4.69) is 4.72 Å². The van der Waals surface area contributed by atoms with Gasteiger partial charge in [0.15, 0.2) is 0 Å². The maximum absolute atomic E-state index is 12.5. The Hall–Kier alpha value is -1.69. The summed E-state index contributed by atoms with van der Waals surface area (Å²) >= 11 is 0. The van der Waals surface area contributed by atoms with Gasteiger partial charge in [-0.05, 0) is 29.7 Å². The van der Waals surface area contributed by atoms with Crippen LogP contribution in [0.5, 0.6) is 0 Å². The van der Waals surface area contributed by atoms with Crippen LogP contribution in [0.15, 0.2) is 53.4 Å². The first kappa shape index (κ1) is 14.3. The average Bonchev–Trinajstić information content (AvgIpc) is 2.75. The molecular weight excluding hydrogens is 286 g/mol. The topological polar surface area (TPSA) is 66.4 Å². The van der Waals surface area contributed by atoms with Crippen LogP contribution in [0.4, 0.5) is 0 Å². The van der Waals surface area contributed by atoms with E-state index >= 15 is 0 Å². The van der Waals surface area contributed by atoms with Gasteiger partial charge in [0.2, 0.25) is 10.0 Å². The summed E-state index contributed by atoms with van der Waals surface area (Å²) in [5, 5.41) is 10.2. The molecule has 1 aliphatic rings. The van der Waals surface area contributed by atoms with E-state index in [-0.39, 0.29) is 4.90 Å². The summed E-state index contributed by atoms with van der Waals surface area (Å²) in [4.78, 5) is 0.251. The smallest absolute Gasteiger partial charge is 0.241 e. The number of sulfonamides is 1. The molecule has 0 spiro atoms. The molecule has 0 aromatic heterocycles. The molecule has 0 fully saturated rings. The summed E-state index contributed by atoms with van der Waals surface area (Å²) < 4.78 is 27.7. The van der Waals surface area contributed by atoms with E-state index in [9.17, 15) is 13.5 Å². The molecule has 2 atom stereocenters. The van der Waals surface area contributed by atoms with E-state index in [0.29, 0.717) is 12.0 Å². The number of hydrogen-bond donors (Lipinski definition) is 2. The highest BCUT2D eigenvalue weighted by Crippen LogP contribution is 2.32. The summed E-state index contributed by atoms with van der Waals surface area (Å²) in [6.45, 7) is 1.76. The molecule has 2 unspecified atom stereocenters. The molecule has 2 aromatic rings. The first-order valence-electron chi connectivity index (χ1n) is 6.83. The van der Waals surface area contributed by atoms with E-state index in [1.54, 1.807) is 31.2 Å². The van der Waals surface area contributed by atoms with Gasteiger partial charge in [0.05, 0.1) is 17.0 Å². The van der Waals surface area contributed by atoms with E-state index in [1.165, 1.54) is 0 Å². The molecule has 0 saturated heterocycles. The minimum atomic E-state index is -3.66. The summed E-state index contributed by atoms with van der Waals surface area (Å²) in [5.41, 5.74) is 2.52. The first-order chi connectivity index (χ1) is 9.99. The van der Waals surface area contributed by atoms with Crippen LogP contribution in [0.25, 0.3) is 0 Å². The Morgan fingerprint density at radius 1 is 1.10 bits per heavy atom. The van der Waals surface area contributed by atoms with Crippen LogP contribution >= 0.6 is 0 Å². The van der Waals surface area contributed by atoms with Crippen molar-refractivity contribution in [3.8, 4) is 0 Å². The number of rotatable bonds is 3. The molecule has 21 heavy (non-hydrogen) atoms. The molecule has 4 nitrogen and oxygen atoms in total. The molecular formula is C16H17NO3S. The number of aliphatic hydroxyl groups excluding tert-OH is 1. The fraction of sp³-hybridized carbons (Fsp3) is 0.250. The van der Waals surface area contributed by atoms with Crippen molar-refractivity contribution in [2.24, 2.45) is 0 Å². The fourth-order valence-corrected chi connectivity index (χ4v) is 4.30. The van der Waals surface area contributed by atoms with Gasteiger partial charge in [0, 0.05) is 6.42 Å². The molecule has 0 amide bonds. The molecule has 0 radical (unpaired) electrons. The minimum Gasteiger partial charge on any atom is -0.391 e.